The topological polar surface area (TPSA) is 15.7 Å². The van der Waals surface area contributed by atoms with Gasteiger partial charge in [-0.1, -0.05) is 91.0 Å². The lowest BCUT2D eigenvalue weighted by Crippen LogP contribution is -2.46. The molecule has 1 saturated heterocycles. The molecule has 0 spiro atoms. The van der Waals surface area contributed by atoms with E-state index in [1.165, 1.54) is 33.4 Å². The molecule has 1 fully saturated rings. The van der Waals surface area contributed by atoms with Gasteiger partial charge in [0, 0.05) is 32.7 Å². The first-order valence-corrected chi connectivity index (χ1v) is 13.2. The van der Waals surface area contributed by atoms with Crippen molar-refractivity contribution in [1.29, 1.82) is 0 Å². The third-order valence-corrected chi connectivity index (χ3v) is 7.65. The van der Waals surface area contributed by atoms with Crippen LogP contribution in [0.1, 0.15) is 41.1 Å². The number of hydrogen-bond donors (Lipinski definition) is 0. The molecule has 2 aliphatic carbocycles. The second kappa shape index (κ2) is 10.7. The fraction of sp³-hybridized carbons (Fsp3) is 0.273. The van der Waals surface area contributed by atoms with Crippen molar-refractivity contribution in [3.05, 3.63) is 131 Å². The maximum atomic E-state index is 5.96. The van der Waals surface area contributed by atoms with Crippen molar-refractivity contribution in [2.75, 3.05) is 26.2 Å². The summed E-state index contributed by atoms with van der Waals surface area (Å²) in [7, 11) is 0. The molecule has 36 heavy (non-hydrogen) atoms. The zero-order valence-electron chi connectivity index (χ0n) is 20.9. The van der Waals surface area contributed by atoms with E-state index in [-0.39, 0.29) is 0 Å². The summed E-state index contributed by atoms with van der Waals surface area (Å²) in [6, 6.07) is 28.4. The average Bonchev–Trinajstić information content (AvgIpc) is 3.11. The lowest BCUT2D eigenvalue weighted by Gasteiger charge is -2.39. The second-order valence-electron chi connectivity index (χ2n) is 10.00. The molecule has 3 heteroatoms. The first-order valence-electron chi connectivity index (χ1n) is 13.2. The standard InChI is InChI=1S/C33H34N2O/c1-2-8-27(9-3-1)25-36-29-17-14-26(15-18-29)24-34-20-22-35(23-21-34)33-19-16-28-10-4-5-11-30(28)31-12-6-7-13-32(31)33/h1-4,6-10,12-19,33H,5,11,20-25H2. The SMILES string of the molecule is C1=CC2=C(CC1)c1ccccc1C(N1CCN(Cc3ccc(OCc4ccccc4)cc3)CC1)C=C2. The third kappa shape index (κ3) is 5.09. The zero-order valence-corrected chi connectivity index (χ0v) is 20.9. The van der Waals surface area contributed by atoms with Crippen LogP contribution in [0.5, 0.6) is 5.75 Å². The van der Waals surface area contributed by atoms with Gasteiger partial charge in [-0.05, 0) is 58.4 Å². The van der Waals surface area contributed by atoms with Crippen molar-refractivity contribution < 1.29 is 4.74 Å². The summed E-state index contributed by atoms with van der Waals surface area (Å²) in [6.45, 7) is 5.95. The van der Waals surface area contributed by atoms with E-state index in [4.69, 9.17) is 4.74 Å². The molecule has 182 valence electrons. The van der Waals surface area contributed by atoms with Crippen LogP contribution in [0.4, 0.5) is 0 Å². The van der Waals surface area contributed by atoms with Crippen LogP contribution in [-0.2, 0) is 13.2 Å². The van der Waals surface area contributed by atoms with Crippen molar-refractivity contribution in [2.45, 2.75) is 32.0 Å². The van der Waals surface area contributed by atoms with E-state index < -0.39 is 0 Å². The number of allylic oxidation sites excluding steroid dienone is 5. The van der Waals surface area contributed by atoms with Gasteiger partial charge in [0.05, 0.1) is 6.04 Å². The van der Waals surface area contributed by atoms with Gasteiger partial charge in [-0.3, -0.25) is 9.80 Å². The van der Waals surface area contributed by atoms with Crippen molar-refractivity contribution in [3.8, 4) is 5.75 Å². The molecule has 0 amide bonds. The van der Waals surface area contributed by atoms with Crippen LogP contribution >= 0.6 is 0 Å². The zero-order chi connectivity index (χ0) is 24.2. The maximum absolute atomic E-state index is 5.96. The normalized spacial score (nSPS) is 20.1. The molecular formula is C33H34N2O. The first kappa shape index (κ1) is 23.0. The van der Waals surface area contributed by atoms with Crippen molar-refractivity contribution in [1.82, 2.24) is 9.80 Å². The molecule has 6 rings (SSSR count). The number of hydrogen-bond acceptors (Lipinski definition) is 3. The Hall–Kier alpha value is -3.40. The summed E-state index contributed by atoms with van der Waals surface area (Å²) in [5, 5.41) is 0. The summed E-state index contributed by atoms with van der Waals surface area (Å²) < 4.78 is 5.96. The van der Waals surface area contributed by atoms with Crippen LogP contribution in [0.15, 0.2) is 109 Å². The Morgan fingerprint density at radius 3 is 2.36 bits per heavy atom. The third-order valence-electron chi connectivity index (χ3n) is 7.65. The Morgan fingerprint density at radius 1 is 0.750 bits per heavy atom. The molecule has 1 atom stereocenters. The van der Waals surface area contributed by atoms with Crippen LogP contribution in [0.2, 0.25) is 0 Å². The smallest absolute Gasteiger partial charge is 0.119 e. The molecule has 0 N–H and O–H groups in total. The van der Waals surface area contributed by atoms with Crippen molar-refractivity contribution in [2.24, 2.45) is 0 Å². The van der Waals surface area contributed by atoms with Crippen molar-refractivity contribution in [3.63, 3.8) is 0 Å². The molecular weight excluding hydrogens is 440 g/mol. The summed E-state index contributed by atoms with van der Waals surface area (Å²) in [6.07, 6.45) is 11.7. The van der Waals surface area contributed by atoms with Crippen LogP contribution in [0.3, 0.4) is 0 Å². The predicted molar refractivity (Wildman–Crippen MR) is 148 cm³/mol. The molecule has 0 saturated carbocycles. The van der Waals surface area contributed by atoms with Gasteiger partial charge in [-0.25, -0.2) is 0 Å². The Balaban J connectivity index is 1.06. The summed E-state index contributed by atoms with van der Waals surface area (Å²) >= 11 is 0. The van der Waals surface area contributed by atoms with Gasteiger partial charge in [-0.15, -0.1) is 0 Å². The van der Waals surface area contributed by atoms with Gasteiger partial charge in [0.15, 0.2) is 0 Å². The number of piperazine rings is 1. The number of rotatable bonds is 6. The molecule has 0 aromatic heterocycles. The van der Waals surface area contributed by atoms with Crippen LogP contribution < -0.4 is 4.74 Å². The number of fused-ring (bicyclic) bond motifs is 2. The number of ether oxygens (including phenoxy) is 1. The highest BCUT2D eigenvalue weighted by atomic mass is 16.5. The largest absolute Gasteiger partial charge is 0.489 e. The van der Waals surface area contributed by atoms with E-state index in [2.05, 4.69) is 94.8 Å². The fourth-order valence-corrected chi connectivity index (χ4v) is 5.67. The molecule has 3 aromatic rings. The molecule has 0 bridgehead atoms. The van der Waals surface area contributed by atoms with E-state index in [0.29, 0.717) is 12.6 Å². The van der Waals surface area contributed by atoms with Crippen molar-refractivity contribution >= 4 is 5.57 Å². The molecule has 3 aromatic carbocycles. The second-order valence-corrected chi connectivity index (χ2v) is 10.00. The fourth-order valence-electron chi connectivity index (χ4n) is 5.67. The number of nitrogens with zero attached hydrogens (tertiary/aromatic N) is 2. The van der Waals surface area contributed by atoms with E-state index in [9.17, 15) is 0 Å². The van der Waals surface area contributed by atoms with E-state index in [1.54, 1.807) is 0 Å². The van der Waals surface area contributed by atoms with Gasteiger partial charge >= 0.3 is 0 Å². The van der Waals surface area contributed by atoms with Crippen LogP contribution in [-0.4, -0.2) is 36.0 Å². The monoisotopic (exact) mass is 474 g/mol. The van der Waals surface area contributed by atoms with Crippen LogP contribution in [0, 0.1) is 0 Å². The summed E-state index contributed by atoms with van der Waals surface area (Å²) in [5.74, 6) is 0.928. The minimum Gasteiger partial charge on any atom is -0.489 e. The van der Waals surface area contributed by atoms with E-state index >= 15 is 0 Å². The van der Waals surface area contributed by atoms with E-state index in [1.807, 2.05) is 18.2 Å². The van der Waals surface area contributed by atoms with Gasteiger partial charge in [0.25, 0.3) is 0 Å². The molecule has 1 unspecified atom stereocenters. The Kier molecular flexibility index (Phi) is 6.84. The lowest BCUT2D eigenvalue weighted by molar-refractivity contribution is 0.107. The number of benzene rings is 3. The highest BCUT2D eigenvalue weighted by Crippen LogP contribution is 2.39. The maximum Gasteiger partial charge on any atom is 0.119 e. The van der Waals surface area contributed by atoms with Crippen LogP contribution in [0.25, 0.3) is 5.57 Å². The quantitative estimate of drug-likeness (QED) is 0.391. The van der Waals surface area contributed by atoms with Gasteiger partial charge in [0.1, 0.15) is 12.4 Å². The predicted octanol–water partition coefficient (Wildman–Crippen LogP) is 6.80. The average molecular weight is 475 g/mol. The molecule has 1 heterocycles. The van der Waals surface area contributed by atoms with Gasteiger partial charge in [0.2, 0.25) is 0 Å². The van der Waals surface area contributed by atoms with Gasteiger partial charge < -0.3 is 4.74 Å². The minimum atomic E-state index is 0.350. The van der Waals surface area contributed by atoms with E-state index in [0.717, 1.165) is 51.3 Å². The molecule has 3 aliphatic rings. The molecule has 0 radical (unpaired) electrons. The Labute approximate surface area is 215 Å². The summed E-state index contributed by atoms with van der Waals surface area (Å²) in [4.78, 5) is 5.24. The molecule has 1 aliphatic heterocycles. The molecule has 3 nitrogen and oxygen atoms in total. The van der Waals surface area contributed by atoms with Gasteiger partial charge in [-0.2, -0.15) is 0 Å². The lowest BCUT2D eigenvalue weighted by atomic mass is 9.89. The highest BCUT2D eigenvalue weighted by Gasteiger charge is 2.27. The Bertz CT molecular complexity index is 1260. The minimum absolute atomic E-state index is 0.350. The summed E-state index contributed by atoms with van der Waals surface area (Å²) in [5.41, 5.74) is 8.36. The highest BCUT2D eigenvalue weighted by molar-refractivity contribution is 5.78. The Morgan fingerprint density at radius 2 is 1.53 bits per heavy atom. The first-order chi connectivity index (χ1) is 17.8.